The molecule has 15 heteroatoms. The summed E-state index contributed by atoms with van der Waals surface area (Å²) >= 11 is 14.0. The minimum atomic E-state index is -4.57. The highest BCUT2D eigenvalue weighted by atomic mass is 35.5. The predicted molar refractivity (Wildman–Crippen MR) is 242 cm³/mol. The summed E-state index contributed by atoms with van der Waals surface area (Å²) in [6.45, 7) is 2.52. The Labute approximate surface area is 385 Å². The number of piperidine rings is 1. The third-order valence-electron chi connectivity index (χ3n) is 12.2. The lowest BCUT2D eigenvalue weighted by Gasteiger charge is -2.31. The highest BCUT2D eigenvalue weighted by Crippen LogP contribution is 2.45. The fraction of sp³-hybridized carbons (Fsp3) is 0.320. The van der Waals surface area contributed by atoms with Gasteiger partial charge in [-0.15, -0.1) is 0 Å². The topological polar surface area (TPSA) is 137 Å². The number of carboxylic acid groups (broad SMARTS) is 1. The van der Waals surface area contributed by atoms with Gasteiger partial charge >= 0.3 is 12.1 Å². The molecule has 2 aliphatic heterocycles. The Morgan fingerprint density at radius 2 is 1.78 bits per heavy atom. The van der Waals surface area contributed by atoms with Crippen LogP contribution in [0.5, 0.6) is 11.5 Å². The summed E-state index contributed by atoms with van der Waals surface area (Å²) in [7, 11) is 0. The second-order valence-electron chi connectivity index (χ2n) is 16.7. The van der Waals surface area contributed by atoms with E-state index in [2.05, 4.69) is 26.6 Å². The van der Waals surface area contributed by atoms with Crippen molar-refractivity contribution >= 4 is 47.2 Å². The first kappa shape index (κ1) is 45.7. The zero-order valence-corrected chi connectivity index (χ0v) is 36.8. The van der Waals surface area contributed by atoms with Crippen molar-refractivity contribution in [2.75, 3.05) is 19.6 Å². The van der Waals surface area contributed by atoms with Crippen LogP contribution in [0.15, 0.2) is 85.2 Å². The molecule has 5 aromatic rings. The molecular weight excluding hydrogens is 878 g/mol. The largest absolute Gasteiger partial charge is 0.488 e. The van der Waals surface area contributed by atoms with E-state index < -0.39 is 23.6 Å². The molecule has 3 N–H and O–H groups in total. The van der Waals surface area contributed by atoms with Gasteiger partial charge in [-0.05, 0) is 96.3 Å². The maximum Gasteiger partial charge on any atom is 0.416 e. The number of hydrogen-bond acceptors (Lipinski definition) is 8. The van der Waals surface area contributed by atoms with Crippen molar-refractivity contribution in [1.82, 2.24) is 20.5 Å². The Morgan fingerprint density at radius 3 is 2.57 bits per heavy atom. The molecule has 1 aliphatic carbocycles. The summed E-state index contributed by atoms with van der Waals surface area (Å²) in [6.07, 6.45) is 5.07. The van der Waals surface area contributed by atoms with Crippen LogP contribution in [-0.2, 0) is 41.9 Å². The highest BCUT2D eigenvalue weighted by molar-refractivity contribution is 6.35. The molecule has 4 aromatic carbocycles. The molecule has 2 fully saturated rings. The van der Waals surface area contributed by atoms with Gasteiger partial charge in [0, 0.05) is 73.8 Å². The van der Waals surface area contributed by atoms with Crippen molar-refractivity contribution in [3.05, 3.63) is 145 Å². The summed E-state index contributed by atoms with van der Waals surface area (Å²) in [4.78, 5) is 29.6. The second-order valence-corrected chi connectivity index (χ2v) is 17.5. The number of carboxylic acids is 1. The standard InChI is InChI=1S/C50H46Cl2F3N5O5/c51-43-20-36(28-60-17-3-5-35(27-60)49(62)63)45(64-29-32-18-31(22-56)24-57-25-32)21-46(43)65-44-15-13-39-38(6-2-7-40(39)44)41-8-1-4-33(48(41)52)10-11-34-19-30(9-14-42(34)50(53,54)55)23-58-26-37-12-16-47(61)59-37/h1-2,4,6-11,14,18-21,24-25,35,37,44,58H,3,5,12-13,15-17,23,26-29H2,(H,59,61)(H,62,63)/b11-10+/t35-,37-,44-/m0/s1. The zero-order valence-electron chi connectivity index (χ0n) is 35.3. The Bertz CT molecular complexity index is 2670. The Morgan fingerprint density at radius 1 is 0.969 bits per heavy atom. The number of hydrogen-bond donors (Lipinski definition) is 3. The number of alkyl halides is 3. The van der Waals surface area contributed by atoms with Gasteiger partial charge in [-0.3, -0.25) is 19.5 Å². The number of carbonyl (C=O) groups excluding carboxylic acids is 1. The van der Waals surface area contributed by atoms with Crippen molar-refractivity contribution in [3.8, 4) is 28.7 Å². The van der Waals surface area contributed by atoms with E-state index in [1.54, 1.807) is 36.5 Å². The van der Waals surface area contributed by atoms with Crippen molar-refractivity contribution < 1.29 is 37.3 Å². The van der Waals surface area contributed by atoms with Crippen LogP contribution in [0.1, 0.15) is 88.3 Å². The molecule has 1 amide bonds. The van der Waals surface area contributed by atoms with Gasteiger partial charge in [-0.2, -0.15) is 18.4 Å². The van der Waals surface area contributed by atoms with Gasteiger partial charge in [0.25, 0.3) is 0 Å². The Balaban J connectivity index is 1.03. The number of aromatic nitrogens is 1. The number of benzene rings is 4. The van der Waals surface area contributed by atoms with E-state index in [9.17, 15) is 33.1 Å². The van der Waals surface area contributed by atoms with E-state index >= 15 is 0 Å². The molecule has 3 heterocycles. The van der Waals surface area contributed by atoms with Crippen LogP contribution in [0.4, 0.5) is 13.2 Å². The van der Waals surface area contributed by atoms with Gasteiger partial charge in [0.15, 0.2) is 0 Å². The fourth-order valence-corrected chi connectivity index (χ4v) is 9.43. The van der Waals surface area contributed by atoms with Gasteiger partial charge in [0.1, 0.15) is 30.3 Å². The predicted octanol–water partition coefficient (Wildman–Crippen LogP) is 10.4. The first-order chi connectivity index (χ1) is 31.3. The van der Waals surface area contributed by atoms with Crippen LogP contribution in [-0.4, -0.2) is 52.5 Å². The first-order valence-corrected chi connectivity index (χ1v) is 22.3. The number of nitrogens with zero attached hydrogens (tertiary/aromatic N) is 3. The molecule has 0 saturated carbocycles. The van der Waals surface area contributed by atoms with Crippen LogP contribution in [0.25, 0.3) is 23.3 Å². The molecule has 1 aromatic heterocycles. The number of pyridine rings is 1. The Kier molecular flexibility index (Phi) is 14.1. The molecule has 3 atom stereocenters. The molecule has 3 aliphatic rings. The van der Waals surface area contributed by atoms with E-state index in [-0.39, 0.29) is 30.2 Å². The molecule has 336 valence electrons. The first-order valence-electron chi connectivity index (χ1n) is 21.5. The molecule has 8 rings (SSSR count). The third kappa shape index (κ3) is 11.0. The number of carbonyl (C=O) groups is 2. The van der Waals surface area contributed by atoms with Gasteiger partial charge in [0.2, 0.25) is 5.91 Å². The average molecular weight is 925 g/mol. The van der Waals surface area contributed by atoms with E-state index in [0.717, 1.165) is 46.8 Å². The highest BCUT2D eigenvalue weighted by Gasteiger charge is 2.33. The normalized spacial score (nSPS) is 18.6. The lowest BCUT2D eigenvalue weighted by molar-refractivity contribution is -0.143. The molecule has 65 heavy (non-hydrogen) atoms. The number of nitrogens with one attached hydrogen (secondary N) is 2. The van der Waals surface area contributed by atoms with Gasteiger partial charge in [-0.25, -0.2) is 0 Å². The monoisotopic (exact) mass is 923 g/mol. The smallest absolute Gasteiger partial charge is 0.416 e. The number of fused-ring (bicyclic) bond motifs is 1. The van der Waals surface area contributed by atoms with Gasteiger partial charge in [0.05, 0.1) is 27.1 Å². The lowest BCUT2D eigenvalue weighted by Crippen LogP contribution is -2.38. The van der Waals surface area contributed by atoms with Crippen LogP contribution in [0.3, 0.4) is 0 Å². The molecule has 0 bridgehead atoms. The lowest BCUT2D eigenvalue weighted by atomic mass is 9.95. The summed E-state index contributed by atoms with van der Waals surface area (Å²) in [5, 5.41) is 26.0. The molecule has 10 nitrogen and oxygen atoms in total. The maximum absolute atomic E-state index is 14.2. The molecule has 0 radical (unpaired) electrons. The van der Waals surface area contributed by atoms with Crippen LogP contribution in [0.2, 0.25) is 10.0 Å². The van der Waals surface area contributed by atoms with Gasteiger partial charge in [-0.1, -0.05) is 77.8 Å². The number of aliphatic carboxylic acids is 1. The quantitative estimate of drug-likeness (QED) is 0.0877. The fourth-order valence-electron chi connectivity index (χ4n) is 8.90. The van der Waals surface area contributed by atoms with Crippen LogP contribution in [0, 0.1) is 17.2 Å². The molecular formula is C50H46Cl2F3N5O5. The second kappa shape index (κ2) is 20.1. The van der Waals surface area contributed by atoms with Crippen LogP contribution < -0.4 is 20.1 Å². The van der Waals surface area contributed by atoms with Crippen molar-refractivity contribution in [1.29, 1.82) is 5.26 Å². The van der Waals surface area contributed by atoms with Crippen molar-refractivity contribution in [2.45, 2.75) is 76.5 Å². The SMILES string of the molecule is N#Cc1cncc(COc2cc(O[C@H]3CCc4c(-c5cccc(/C=C/c6cc(CNC[C@@H]7CCC(=O)N7)ccc6C(F)(F)F)c5Cl)cccc43)c(Cl)cc2CN2CCC[C@H](C(=O)O)C2)c1. The van der Waals surface area contributed by atoms with Crippen molar-refractivity contribution in [3.63, 3.8) is 0 Å². The number of likely N-dealkylation sites (tertiary alicyclic amines) is 1. The number of ether oxygens (including phenoxy) is 2. The summed E-state index contributed by atoms with van der Waals surface area (Å²) < 4.78 is 55.6. The summed E-state index contributed by atoms with van der Waals surface area (Å²) in [5.74, 6) is -0.362. The van der Waals surface area contributed by atoms with E-state index in [4.69, 9.17) is 32.7 Å². The van der Waals surface area contributed by atoms with Gasteiger partial charge < -0.3 is 25.2 Å². The molecule has 0 unspecified atom stereocenters. The number of rotatable bonds is 15. The minimum absolute atomic E-state index is 0.00127. The number of halogens is 5. The number of amides is 1. The molecule has 0 spiro atoms. The van der Waals surface area contributed by atoms with E-state index in [1.807, 2.05) is 30.3 Å². The molecule has 2 saturated heterocycles. The maximum atomic E-state index is 14.2. The zero-order chi connectivity index (χ0) is 45.7. The Hall–Kier alpha value is -5.91. The van der Waals surface area contributed by atoms with E-state index in [1.165, 1.54) is 24.4 Å². The third-order valence-corrected chi connectivity index (χ3v) is 12.9. The minimum Gasteiger partial charge on any atom is -0.488 e. The average Bonchev–Trinajstić information content (AvgIpc) is 3.91. The van der Waals surface area contributed by atoms with E-state index in [0.29, 0.717) is 102 Å². The number of nitriles is 1. The van der Waals surface area contributed by atoms with Crippen molar-refractivity contribution in [2.24, 2.45) is 5.92 Å². The van der Waals surface area contributed by atoms with Crippen LogP contribution >= 0.6 is 23.2 Å². The summed E-state index contributed by atoms with van der Waals surface area (Å²) in [6, 6.07) is 22.8. The summed E-state index contributed by atoms with van der Waals surface area (Å²) in [5.41, 5.74) is 5.95.